The first-order valence-electron chi connectivity index (χ1n) is 7.82. The van der Waals surface area contributed by atoms with Crippen LogP contribution in [0.4, 0.5) is 0 Å². The number of benzene rings is 1. The Morgan fingerprint density at radius 2 is 1.79 bits per heavy atom. The zero-order chi connectivity index (χ0) is 12.9. The Bertz CT molecular complexity index is 364. The van der Waals surface area contributed by atoms with Gasteiger partial charge in [0.05, 0.1) is 6.10 Å². The molecule has 1 aromatic carbocycles. The first-order valence-corrected chi connectivity index (χ1v) is 7.82. The molecule has 19 heavy (non-hydrogen) atoms. The van der Waals surface area contributed by atoms with Crippen LogP contribution in [0.15, 0.2) is 30.3 Å². The summed E-state index contributed by atoms with van der Waals surface area (Å²) in [5.41, 5.74) is 1.53. The second-order valence-electron chi connectivity index (χ2n) is 6.00. The minimum absolute atomic E-state index is 0.479. The monoisotopic (exact) mass is 259 g/mol. The smallest absolute Gasteiger partial charge is 0.0700 e. The highest BCUT2D eigenvalue weighted by atomic mass is 16.5. The number of hydrogen-bond acceptors (Lipinski definition) is 2. The normalized spacial score (nSPS) is 31.5. The first kappa shape index (κ1) is 13.1. The van der Waals surface area contributed by atoms with Crippen LogP contribution in [0.5, 0.6) is 0 Å². The minimum Gasteiger partial charge on any atom is -0.377 e. The zero-order valence-electron chi connectivity index (χ0n) is 11.7. The second kappa shape index (κ2) is 6.53. The van der Waals surface area contributed by atoms with E-state index in [9.17, 15) is 0 Å². The van der Waals surface area contributed by atoms with Crippen LogP contribution in [0.1, 0.15) is 50.0 Å². The van der Waals surface area contributed by atoms with E-state index in [1.54, 1.807) is 0 Å². The van der Waals surface area contributed by atoms with Gasteiger partial charge in [0.25, 0.3) is 0 Å². The molecule has 1 heterocycles. The number of ether oxygens (including phenoxy) is 1. The molecule has 1 aliphatic heterocycles. The maximum Gasteiger partial charge on any atom is 0.0700 e. The van der Waals surface area contributed by atoms with Crippen LogP contribution in [0.25, 0.3) is 0 Å². The highest BCUT2D eigenvalue weighted by Crippen LogP contribution is 2.32. The van der Waals surface area contributed by atoms with Crippen molar-refractivity contribution in [1.82, 2.24) is 5.32 Å². The molecular formula is C17H25NO. The fourth-order valence-electron chi connectivity index (χ4n) is 3.46. The van der Waals surface area contributed by atoms with E-state index < -0.39 is 0 Å². The molecule has 1 atom stereocenters. The molecule has 104 valence electrons. The molecule has 1 saturated heterocycles. The van der Waals surface area contributed by atoms with Crippen molar-refractivity contribution in [2.24, 2.45) is 0 Å². The molecule has 0 unspecified atom stereocenters. The van der Waals surface area contributed by atoms with Crippen molar-refractivity contribution in [3.05, 3.63) is 35.9 Å². The minimum atomic E-state index is 0.479. The van der Waals surface area contributed by atoms with E-state index in [1.807, 2.05) is 0 Å². The summed E-state index contributed by atoms with van der Waals surface area (Å²) in [6, 6.07) is 11.7. The van der Waals surface area contributed by atoms with Crippen LogP contribution in [0.3, 0.4) is 0 Å². The van der Waals surface area contributed by atoms with Gasteiger partial charge >= 0.3 is 0 Å². The lowest BCUT2D eigenvalue weighted by Crippen LogP contribution is -2.37. The summed E-state index contributed by atoms with van der Waals surface area (Å²) in [5.74, 6) is 0.780. The lowest BCUT2D eigenvalue weighted by atomic mass is 9.82. The Morgan fingerprint density at radius 1 is 1.00 bits per heavy atom. The molecule has 1 aliphatic carbocycles. The molecule has 2 aliphatic rings. The van der Waals surface area contributed by atoms with Crippen LogP contribution >= 0.6 is 0 Å². The Labute approximate surface area is 116 Å². The van der Waals surface area contributed by atoms with Gasteiger partial charge in [0.2, 0.25) is 0 Å². The summed E-state index contributed by atoms with van der Waals surface area (Å²) in [5, 5.41) is 3.71. The molecule has 2 fully saturated rings. The average molecular weight is 259 g/mol. The van der Waals surface area contributed by atoms with Gasteiger partial charge in [0.1, 0.15) is 0 Å². The molecular weight excluding hydrogens is 234 g/mol. The van der Waals surface area contributed by atoms with E-state index in [0.29, 0.717) is 12.1 Å². The molecule has 1 aromatic rings. The van der Waals surface area contributed by atoms with Crippen LogP contribution in [-0.4, -0.2) is 25.3 Å². The van der Waals surface area contributed by atoms with Gasteiger partial charge in [0.15, 0.2) is 0 Å². The third kappa shape index (κ3) is 3.58. The first-order chi connectivity index (χ1) is 9.42. The van der Waals surface area contributed by atoms with E-state index >= 15 is 0 Å². The summed E-state index contributed by atoms with van der Waals surface area (Å²) in [6.07, 6.45) is 8.24. The maximum absolute atomic E-state index is 5.67. The molecule has 3 rings (SSSR count). The predicted molar refractivity (Wildman–Crippen MR) is 78.4 cm³/mol. The summed E-state index contributed by atoms with van der Waals surface area (Å²) < 4.78 is 5.67. The van der Waals surface area contributed by atoms with Crippen molar-refractivity contribution >= 4 is 0 Å². The summed E-state index contributed by atoms with van der Waals surface area (Å²) >= 11 is 0. The van der Waals surface area contributed by atoms with Crippen molar-refractivity contribution in [3.63, 3.8) is 0 Å². The second-order valence-corrected chi connectivity index (χ2v) is 6.00. The van der Waals surface area contributed by atoms with Gasteiger partial charge in [-0.1, -0.05) is 30.3 Å². The Balaban J connectivity index is 1.42. The highest BCUT2D eigenvalue weighted by molar-refractivity contribution is 5.20. The maximum atomic E-state index is 5.67. The lowest BCUT2D eigenvalue weighted by molar-refractivity contribution is 0.105. The number of nitrogens with one attached hydrogen (secondary N) is 1. The molecule has 0 aromatic heterocycles. The topological polar surface area (TPSA) is 21.3 Å². The quantitative estimate of drug-likeness (QED) is 0.894. The van der Waals surface area contributed by atoms with Crippen molar-refractivity contribution in [3.8, 4) is 0 Å². The van der Waals surface area contributed by atoms with Crippen molar-refractivity contribution in [2.45, 2.75) is 56.6 Å². The Kier molecular flexibility index (Phi) is 4.52. The van der Waals surface area contributed by atoms with Crippen LogP contribution in [0, 0.1) is 0 Å². The zero-order valence-corrected chi connectivity index (χ0v) is 11.7. The predicted octanol–water partition coefficient (Wildman–Crippen LogP) is 3.48. The Morgan fingerprint density at radius 3 is 2.47 bits per heavy atom. The third-order valence-electron chi connectivity index (χ3n) is 4.66. The van der Waals surface area contributed by atoms with Gasteiger partial charge < -0.3 is 10.1 Å². The lowest BCUT2D eigenvalue weighted by Gasteiger charge is -2.30. The molecule has 0 radical (unpaired) electrons. The van der Waals surface area contributed by atoms with E-state index in [0.717, 1.165) is 19.1 Å². The van der Waals surface area contributed by atoms with Crippen molar-refractivity contribution < 1.29 is 4.74 Å². The molecule has 2 heteroatoms. The summed E-state index contributed by atoms with van der Waals surface area (Å²) in [7, 11) is 0. The van der Waals surface area contributed by atoms with Gasteiger partial charge in [-0.2, -0.15) is 0 Å². The summed E-state index contributed by atoms with van der Waals surface area (Å²) in [6.45, 7) is 2.02. The number of rotatable bonds is 4. The van der Waals surface area contributed by atoms with Crippen molar-refractivity contribution in [2.75, 3.05) is 13.2 Å². The molecule has 2 nitrogen and oxygen atoms in total. The standard InChI is InChI=1S/C17H25NO/c1-2-5-14(6-3-1)15-8-10-16(11-9-15)18-13-17-7-4-12-19-17/h1-3,5-6,15-18H,4,7-13H2/t15?,16?,17-/m1/s1. The fraction of sp³-hybridized carbons (Fsp3) is 0.647. The van der Waals surface area contributed by atoms with Crippen molar-refractivity contribution in [1.29, 1.82) is 0 Å². The molecule has 1 N–H and O–H groups in total. The third-order valence-corrected chi connectivity index (χ3v) is 4.66. The van der Waals surface area contributed by atoms with E-state index in [2.05, 4.69) is 35.6 Å². The largest absolute Gasteiger partial charge is 0.377 e. The van der Waals surface area contributed by atoms with Gasteiger partial charge in [-0.25, -0.2) is 0 Å². The van der Waals surface area contributed by atoms with Crippen LogP contribution in [-0.2, 0) is 4.74 Å². The van der Waals surface area contributed by atoms with Gasteiger partial charge in [0, 0.05) is 19.2 Å². The van der Waals surface area contributed by atoms with E-state index in [-0.39, 0.29) is 0 Å². The van der Waals surface area contributed by atoms with Gasteiger partial charge in [-0.15, -0.1) is 0 Å². The van der Waals surface area contributed by atoms with E-state index in [4.69, 9.17) is 4.74 Å². The molecule has 1 saturated carbocycles. The van der Waals surface area contributed by atoms with Crippen LogP contribution < -0.4 is 5.32 Å². The average Bonchev–Trinajstić information content (AvgIpc) is 3.00. The van der Waals surface area contributed by atoms with E-state index in [1.165, 1.54) is 44.1 Å². The fourth-order valence-corrected chi connectivity index (χ4v) is 3.46. The van der Waals surface area contributed by atoms with Crippen LogP contribution in [0.2, 0.25) is 0 Å². The Hall–Kier alpha value is -0.860. The summed E-state index contributed by atoms with van der Waals surface area (Å²) in [4.78, 5) is 0. The van der Waals surface area contributed by atoms with Gasteiger partial charge in [-0.05, 0) is 50.0 Å². The molecule has 0 amide bonds. The molecule has 0 bridgehead atoms. The number of hydrogen-bond donors (Lipinski definition) is 1. The highest BCUT2D eigenvalue weighted by Gasteiger charge is 2.23. The molecule has 0 spiro atoms. The van der Waals surface area contributed by atoms with Gasteiger partial charge in [-0.3, -0.25) is 0 Å². The SMILES string of the molecule is c1ccc(C2CCC(NC[C@H]3CCCO3)CC2)cc1.